The smallest absolute Gasteiger partial charge is 0.462 e. The molecule has 2 unspecified atom stereocenters. The molecule has 0 bridgehead atoms. The second-order valence-electron chi connectivity index (χ2n) is 21.9. The van der Waals surface area contributed by atoms with Crippen LogP contribution >= 0.6 is 7.82 Å². The second-order valence-corrected chi connectivity index (χ2v) is 23.4. The van der Waals surface area contributed by atoms with E-state index in [0.717, 1.165) is 109 Å². The molecule has 0 amide bonds. The predicted octanol–water partition coefficient (Wildman–Crippen LogP) is 22.1. The van der Waals surface area contributed by atoms with Crippen LogP contribution in [0.4, 0.5) is 0 Å². The highest BCUT2D eigenvalue weighted by molar-refractivity contribution is 7.47. The standard InChI is InChI=1S/C73H124NO8P/c1-3-5-7-9-11-13-15-17-19-21-23-25-27-29-30-31-32-33-34-35-36-37-38-39-40-42-43-45-47-49-51-53-55-57-59-61-63-65-72(75)79-69-71(70-81-83(77,78)80-68-67-74)82-73(76)66-64-62-60-58-56-54-52-50-48-46-44-41-28-26-24-22-20-18-16-14-12-10-8-6-4-2/h5-8,11-14,17-20,23-26,41,44,48,50,54,56,71H,3-4,9-10,15-16,21-22,27-40,42-43,45-47,49,51-53,55,57-70,74H2,1-2H3,(H,77,78)/b7-5-,8-6-,13-11-,14-12-,19-17-,20-18-,25-23-,26-24-,44-41-,50-48-,56-54-. The lowest BCUT2D eigenvalue weighted by Gasteiger charge is -2.19. The average Bonchev–Trinajstić information content (AvgIpc) is 3.49. The molecule has 0 aromatic carbocycles. The summed E-state index contributed by atoms with van der Waals surface area (Å²) in [6.45, 7) is 3.49. The fourth-order valence-corrected chi connectivity index (χ4v) is 9.90. The lowest BCUT2D eigenvalue weighted by Crippen LogP contribution is -2.29. The van der Waals surface area contributed by atoms with Crippen molar-refractivity contribution in [2.24, 2.45) is 5.73 Å². The van der Waals surface area contributed by atoms with Crippen LogP contribution in [0, 0.1) is 0 Å². The molecule has 10 heteroatoms. The molecular formula is C73H124NO8P. The van der Waals surface area contributed by atoms with Crippen molar-refractivity contribution >= 4 is 19.8 Å². The van der Waals surface area contributed by atoms with E-state index >= 15 is 0 Å². The number of esters is 2. The van der Waals surface area contributed by atoms with Crippen molar-refractivity contribution in [3.8, 4) is 0 Å². The molecule has 3 N–H and O–H groups in total. The van der Waals surface area contributed by atoms with E-state index in [0.29, 0.717) is 6.42 Å². The van der Waals surface area contributed by atoms with E-state index in [1.54, 1.807) is 0 Å². The summed E-state index contributed by atoms with van der Waals surface area (Å²) in [5, 5.41) is 0. The minimum Gasteiger partial charge on any atom is -0.462 e. The molecule has 0 fully saturated rings. The molecule has 0 radical (unpaired) electrons. The molecule has 2 atom stereocenters. The van der Waals surface area contributed by atoms with Crippen LogP contribution in [0.3, 0.4) is 0 Å². The maximum atomic E-state index is 12.7. The van der Waals surface area contributed by atoms with Gasteiger partial charge in [-0.1, -0.05) is 295 Å². The largest absolute Gasteiger partial charge is 0.472 e. The van der Waals surface area contributed by atoms with Gasteiger partial charge in [0.1, 0.15) is 6.61 Å². The number of nitrogens with two attached hydrogens (primary N) is 1. The third kappa shape index (κ3) is 67.2. The van der Waals surface area contributed by atoms with Crippen molar-refractivity contribution in [1.82, 2.24) is 0 Å². The van der Waals surface area contributed by atoms with E-state index in [-0.39, 0.29) is 32.6 Å². The Hall–Kier alpha value is -3.85. The number of phosphoric ester groups is 1. The number of allylic oxidation sites excluding steroid dienone is 22. The SMILES string of the molecule is CC/C=C\C/C=C\C/C=C\C/C=C\C/C=C\C/C=C\C/C=C\CCCCCC(=O)OC(COC(=O)CCCCCCCCCCCCCCCCCCCCCCCCCC/C=C\C/C=C\C/C=C\C/C=C\CC)COP(=O)(O)OCCN. The molecular weight excluding hydrogens is 1050 g/mol. The van der Waals surface area contributed by atoms with Gasteiger partial charge in [0.05, 0.1) is 13.2 Å². The Bertz CT molecular complexity index is 1820. The lowest BCUT2D eigenvalue weighted by molar-refractivity contribution is -0.161. The fourth-order valence-electron chi connectivity index (χ4n) is 9.14. The highest BCUT2D eigenvalue weighted by atomic mass is 31.2. The summed E-state index contributed by atoms with van der Waals surface area (Å²) in [6.07, 6.45) is 95.5. The molecule has 0 rings (SSSR count). The van der Waals surface area contributed by atoms with Gasteiger partial charge >= 0.3 is 19.8 Å². The number of carbonyl (C=O) groups excluding carboxylic acids is 2. The van der Waals surface area contributed by atoms with Crippen molar-refractivity contribution < 1.29 is 37.6 Å². The Morgan fingerprint density at radius 3 is 0.940 bits per heavy atom. The third-order valence-corrected chi connectivity index (χ3v) is 15.0. The zero-order valence-electron chi connectivity index (χ0n) is 53.1. The first kappa shape index (κ1) is 79.2. The number of carbonyl (C=O) groups is 2. The van der Waals surface area contributed by atoms with Crippen LogP contribution in [-0.2, 0) is 32.7 Å². The summed E-state index contributed by atoms with van der Waals surface area (Å²) < 4.78 is 33.1. The van der Waals surface area contributed by atoms with Gasteiger partial charge in [0, 0.05) is 19.4 Å². The van der Waals surface area contributed by atoms with Gasteiger partial charge in [-0.25, -0.2) is 4.57 Å². The summed E-state index contributed by atoms with van der Waals surface area (Å²) in [5.74, 6) is -0.865. The maximum absolute atomic E-state index is 12.7. The Labute approximate surface area is 510 Å². The quantitative estimate of drug-likeness (QED) is 0.0264. The van der Waals surface area contributed by atoms with Gasteiger partial charge in [-0.2, -0.15) is 0 Å². The van der Waals surface area contributed by atoms with E-state index in [1.807, 2.05) is 0 Å². The van der Waals surface area contributed by atoms with E-state index in [4.69, 9.17) is 24.3 Å². The molecule has 0 aromatic rings. The van der Waals surface area contributed by atoms with Crippen LogP contribution in [0.25, 0.3) is 0 Å². The van der Waals surface area contributed by atoms with Crippen molar-refractivity contribution in [1.29, 1.82) is 0 Å². The molecule has 0 aliphatic rings. The summed E-state index contributed by atoms with van der Waals surface area (Å²) in [5.41, 5.74) is 5.39. The van der Waals surface area contributed by atoms with Crippen LogP contribution in [0.15, 0.2) is 134 Å². The van der Waals surface area contributed by atoms with Crippen LogP contribution in [-0.4, -0.2) is 49.3 Å². The average molecular weight is 1170 g/mol. The van der Waals surface area contributed by atoms with Gasteiger partial charge in [-0.05, 0) is 109 Å². The van der Waals surface area contributed by atoms with Crippen LogP contribution < -0.4 is 5.73 Å². The summed E-state index contributed by atoms with van der Waals surface area (Å²) >= 11 is 0. The fraction of sp³-hybridized carbons (Fsp3) is 0.671. The Balaban J connectivity index is 3.90. The molecule has 474 valence electrons. The van der Waals surface area contributed by atoms with Gasteiger partial charge in [0.2, 0.25) is 0 Å². The molecule has 83 heavy (non-hydrogen) atoms. The third-order valence-electron chi connectivity index (χ3n) is 14.0. The Morgan fingerprint density at radius 1 is 0.361 bits per heavy atom. The van der Waals surface area contributed by atoms with E-state index < -0.39 is 32.5 Å². The van der Waals surface area contributed by atoms with Crippen molar-refractivity contribution in [3.63, 3.8) is 0 Å². The number of hydrogen-bond acceptors (Lipinski definition) is 8. The number of hydrogen-bond donors (Lipinski definition) is 2. The normalized spacial score (nSPS) is 13.8. The van der Waals surface area contributed by atoms with Crippen LogP contribution in [0.2, 0.25) is 0 Å². The Kier molecular flexibility index (Phi) is 64.2. The zero-order valence-corrected chi connectivity index (χ0v) is 54.0. The number of unbranched alkanes of at least 4 members (excludes halogenated alkanes) is 27. The zero-order chi connectivity index (χ0) is 60.1. The monoisotopic (exact) mass is 1170 g/mol. The topological polar surface area (TPSA) is 134 Å². The maximum Gasteiger partial charge on any atom is 0.472 e. The minimum atomic E-state index is -4.41. The molecule has 0 saturated carbocycles. The first-order valence-electron chi connectivity index (χ1n) is 33.7. The number of phosphoric acid groups is 1. The van der Waals surface area contributed by atoms with Gasteiger partial charge in [-0.3, -0.25) is 18.6 Å². The molecule has 0 heterocycles. The van der Waals surface area contributed by atoms with Crippen LogP contribution in [0.5, 0.6) is 0 Å². The summed E-state index contributed by atoms with van der Waals surface area (Å²) in [7, 11) is -4.41. The summed E-state index contributed by atoms with van der Waals surface area (Å²) in [6, 6.07) is 0. The first-order valence-corrected chi connectivity index (χ1v) is 35.2. The second kappa shape index (κ2) is 67.3. The van der Waals surface area contributed by atoms with Crippen LogP contribution in [0.1, 0.15) is 284 Å². The first-order chi connectivity index (χ1) is 40.8. The number of ether oxygens (including phenoxy) is 2. The van der Waals surface area contributed by atoms with Crippen molar-refractivity contribution in [3.05, 3.63) is 134 Å². The predicted molar refractivity (Wildman–Crippen MR) is 357 cm³/mol. The van der Waals surface area contributed by atoms with E-state index in [2.05, 4.69) is 148 Å². The summed E-state index contributed by atoms with van der Waals surface area (Å²) in [4.78, 5) is 35.3. The molecule has 0 aromatic heterocycles. The van der Waals surface area contributed by atoms with E-state index in [9.17, 15) is 19.0 Å². The van der Waals surface area contributed by atoms with Crippen molar-refractivity contribution in [2.75, 3.05) is 26.4 Å². The molecule has 9 nitrogen and oxygen atoms in total. The Morgan fingerprint density at radius 2 is 0.627 bits per heavy atom. The lowest BCUT2D eigenvalue weighted by atomic mass is 10.0. The van der Waals surface area contributed by atoms with Crippen molar-refractivity contribution in [2.45, 2.75) is 290 Å². The van der Waals surface area contributed by atoms with E-state index in [1.165, 1.54) is 141 Å². The van der Waals surface area contributed by atoms with Gasteiger partial charge in [-0.15, -0.1) is 0 Å². The molecule has 0 spiro atoms. The molecule has 0 saturated heterocycles. The molecule has 0 aliphatic carbocycles. The van der Waals surface area contributed by atoms with Gasteiger partial charge in [0.25, 0.3) is 0 Å². The highest BCUT2D eigenvalue weighted by Gasteiger charge is 2.26. The van der Waals surface area contributed by atoms with Gasteiger partial charge < -0.3 is 20.1 Å². The highest BCUT2D eigenvalue weighted by Crippen LogP contribution is 2.43. The van der Waals surface area contributed by atoms with Gasteiger partial charge in [0.15, 0.2) is 6.10 Å². The number of rotatable bonds is 62. The minimum absolute atomic E-state index is 0.0423. The molecule has 0 aliphatic heterocycles.